The molecule has 0 aliphatic carbocycles. The molecule has 0 saturated heterocycles. The fourth-order valence-electron chi connectivity index (χ4n) is 2.22. The van der Waals surface area contributed by atoms with Crippen LogP contribution in [0.4, 0.5) is 13.2 Å². The van der Waals surface area contributed by atoms with E-state index in [-0.39, 0.29) is 12.1 Å². The van der Waals surface area contributed by atoms with Gasteiger partial charge in [-0.1, -0.05) is 30.3 Å². The molecule has 0 saturated carbocycles. The monoisotopic (exact) mass is 274 g/mol. The summed E-state index contributed by atoms with van der Waals surface area (Å²) in [6.07, 6.45) is -3.69. The van der Waals surface area contributed by atoms with Gasteiger partial charge in [-0.25, -0.2) is 0 Å². The molecule has 1 atom stereocenters. The van der Waals surface area contributed by atoms with Crippen molar-refractivity contribution < 1.29 is 13.2 Å². The molecule has 0 aliphatic heterocycles. The van der Waals surface area contributed by atoms with Gasteiger partial charge >= 0.3 is 6.18 Å². The molecule has 0 spiro atoms. The molecule has 108 valence electrons. The highest BCUT2D eigenvalue weighted by atomic mass is 19.4. The molecule has 19 heavy (non-hydrogen) atoms. The number of rotatable bonds is 6. The molecule has 0 fully saturated rings. The first-order chi connectivity index (χ1) is 8.85. The fourth-order valence-corrected chi connectivity index (χ4v) is 2.22. The van der Waals surface area contributed by atoms with Crippen LogP contribution in [0, 0.1) is 0 Å². The number of alkyl halides is 3. The van der Waals surface area contributed by atoms with E-state index >= 15 is 0 Å². The van der Waals surface area contributed by atoms with Crippen LogP contribution in [0.1, 0.15) is 31.9 Å². The van der Waals surface area contributed by atoms with Crippen LogP contribution < -0.4 is 5.73 Å². The van der Waals surface area contributed by atoms with Crippen molar-refractivity contribution in [2.24, 2.45) is 5.73 Å². The summed E-state index contributed by atoms with van der Waals surface area (Å²) in [7, 11) is 0. The summed E-state index contributed by atoms with van der Waals surface area (Å²) >= 11 is 0. The summed E-state index contributed by atoms with van der Waals surface area (Å²) in [5.41, 5.74) is 6.44. The number of hydrogen-bond acceptors (Lipinski definition) is 2. The molecule has 0 aromatic heterocycles. The molecule has 0 radical (unpaired) electrons. The lowest BCUT2D eigenvalue weighted by Crippen LogP contribution is -2.42. The first kappa shape index (κ1) is 16.0. The maximum atomic E-state index is 12.7. The molecule has 0 bridgehead atoms. The quantitative estimate of drug-likeness (QED) is 0.862. The molecule has 0 amide bonds. The van der Waals surface area contributed by atoms with Gasteiger partial charge in [-0.3, -0.25) is 4.90 Å². The van der Waals surface area contributed by atoms with Gasteiger partial charge in [0, 0.05) is 12.1 Å². The van der Waals surface area contributed by atoms with Crippen LogP contribution in [0.25, 0.3) is 0 Å². The summed E-state index contributed by atoms with van der Waals surface area (Å²) < 4.78 is 38.1. The molecule has 5 heteroatoms. The molecule has 1 rings (SSSR count). The Morgan fingerprint density at radius 2 is 1.74 bits per heavy atom. The predicted molar refractivity (Wildman–Crippen MR) is 70.8 cm³/mol. The number of benzene rings is 1. The minimum atomic E-state index is -4.20. The van der Waals surface area contributed by atoms with Gasteiger partial charge in [0.15, 0.2) is 0 Å². The minimum Gasteiger partial charge on any atom is -0.330 e. The summed E-state index contributed by atoms with van der Waals surface area (Å²) in [5.74, 6) is 0. The van der Waals surface area contributed by atoms with Gasteiger partial charge in [-0.15, -0.1) is 0 Å². The van der Waals surface area contributed by atoms with Crippen molar-refractivity contribution in [2.75, 3.05) is 13.1 Å². The minimum absolute atomic E-state index is 0.196. The summed E-state index contributed by atoms with van der Waals surface area (Å²) in [5, 5.41) is 0. The molecule has 1 aromatic rings. The lowest BCUT2D eigenvalue weighted by atomic mass is 10.0. The Bertz CT molecular complexity index is 363. The maximum absolute atomic E-state index is 12.7. The molecule has 2 N–H and O–H groups in total. The Morgan fingerprint density at radius 3 is 2.16 bits per heavy atom. The highest BCUT2D eigenvalue weighted by molar-refractivity contribution is 5.19. The summed E-state index contributed by atoms with van der Waals surface area (Å²) in [6, 6.07) is 8.74. The van der Waals surface area contributed by atoms with E-state index in [0.717, 1.165) is 5.56 Å². The second kappa shape index (κ2) is 6.91. The second-order valence-electron chi connectivity index (χ2n) is 4.89. The number of hydrogen-bond donors (Lipinski definition) is 1. The van der Waals surface area contributed by atoms with E-state index in [2.05, 4.69) is 0 Å². The van der Waals surface area contributed by atoms with Crippen LogP contribution in [0.5, 0.6) is 0 Å². The van der Waals surface area contributed by atoms with E-state index in [4.69, 9.17) is 5.73 Å². The highest BCUT2D eigenvalue weighted by Gasteiger charge is 2.35. The third kappa shape index (κ3) is 5.20. The van der Waals surface area contributed by atoms with Gasteiger partial charge in [0.2, 0.25) is 0 Å². The predicted octanol–water partition coefficient (Wildman–Crippen LogP) is 3.35. The molecule has 0 heterocycles. The van der Waals surface area contributed by atoms with E-state index in [1.54, 1.807) is 13.8 Å². The molecular formula is C14H21F3N2. The molecule has 2 nitrogen and oxygen atoms in total. The van der Waals surface area contributed by atoms with Crippen LogP contribution in [0.2, 0.25) is 0 Å². The average Bonchev–Trinajstić information content (AvgIpc) is 2.33. The number of nitrogens with two attached hydrogens (primary N) is 1. The van der Waals surface area contributed by atoms with Crippen LogP contribution in [-0.4, -0.2) is 30.2 Å². The Kier molecular flexibility index (Phi) is 5.82. The lowest BCUT2D eigenvalue weighted by molar-refractivity contribution is -0.155. The van der Waals surface area contributed by atoms with Crippen LogP contribution in [0.15, 0.2) is 30.3 Å². The zero-order valence-corrected chi connectivity index (χ0v) is 11.3. The van der Waals surface area contributed by atoms with Crippen molar-refractivity contribution in [3.05, 3.63) is 35.9 Å². The Hall–Kier alpha value is -1.07. The van der Waals surface area contributed by atoms with Crippen molar-refractivity contribution in [1.82, 2.24) is 4.90 Å². The zero-order chi connectivity index (χ0) is 14.5. The largest absolute Gasteiger partial charge is 0.401 e. The first-order valence-electron chi connectivity index (χ1n) is 6.42. The van der Waals surface area contributed by atoms with Crippen LogP contribution in [0.3, 0.4) is 0 Å². The van der Waals surface area contributed by atoms with E-state index in [1.807, 2.05) is 30.3 Å². The SMILES string of the molecule is CC(C)N(CC(F)(F)F)C(CCN)c1ccccc1. The van der Waals surface area contributed by atoms with Crippen molar-refractivity contribution in [2.45, 2.75) is 38.5 Å². The average molecular weight is 274 g/mol. The van der Waals surface area contributed by atoms with Crippen molar-refractivity contribution >= 4 is 0 Å². The van der Waals surface area contributed by atoms with Crippen LogP contribution >= 0.6 is 0 Å². The van der Waals surface area contributed by atoms with Gasteiger partial charge in [-0.2, -0.15) is 13.2 Å². The standard InChI is InChI=1S/C14H21F3N2/c1-11(2)19(10-14(15,16)17)13(8-9-18)12-6-4-3-5-7-12/h3-7,11,13H,8-10,18H2,1-2H3. The third-order valence-electron chi connectivity index (χ3n) is 3.05. The Morgan fingerprint density at radius 1 is 1.16 bits per heavy atom. The number of nitrogens with zero attached hydrogens (tertiary/aromatic N) is 1. The van der Waals surface area contributed by atoms with E-state index in [9.17, 15) is 13.2 Å². The fraction of sp³-hybridized carbons (Fsp3) is 0.571. The Balaban J connectivity index is 2.99. The van der Waals surface area contributed by atoms with Gasteiger partial charge in [0.05, 0.1) is 6.54 Å². The second-order valence-corrected chi connectivity index (χ2v) is 4.89. The molecule has 1 aromatic carbocycles. The molecule has 0 aliphatic rings. The smallest absolute Gasteiger partial charge is 0.330 e. The Labute approximate surface area is 112 Å². The van der Waals surface area contributed by atoms with Crippen LogP contribution in [-0.2, 0) is 0 Å². The van der Waals surface area contributed by atoms with Gasteiger partial charge < -0.3 is 5.73 Å². The van der Waals surface area contributed by atoms with Crippen molar-refractivity contribution in [3.8, 4) is 0 Å². The first-order valence-corrected chi connectivity index (χ1v) is 6.42. The van der Waals surface area contributed by atoms with Gasteiger partial charge in [0.1, 0.15) is 0 Å². The highest BCUT2D eigenvalue weighted by Crippen LogP contribution is 2.29. The summed E-state index contributed by atoms with van der Waals surface area (Å²) in [4.78, 5) is 1.46. The van der Waals surface area contributed by atoms with E-state index in [1.165, 1.54) is 4.90 Å². The maximum Gasteiger partial charge on any atom is 0.401 e. The lowest BCUT2D eigenvalue weighted by Gasteiger charge is -2.35. The number of halogens is 3. The third-order valence-corrected chi connectivity index (χ3v) is 3.05. The van der Waals surface area contributed by atoms with Crippen molar-refractivity contribution in [1.29, 1.82) is 0 Å². The van der Waals surface area contributed by atoms with Crippen molar-refractivity contribution in [3.63, 3.8) is 0 Å². The zero-order valence-electron chi connectivity index (χ0n) is 11.3. The normalized spacial score (nSPS) is 14.1. The van der Waals surface area contributed by atoms with Gasteiger partial charge in [-0.05, 0) is 32.4 Å². The topological polar surface area (TPSA) is 29.3 Å². The summed E-state index contributed by atoms with van der Waals surface area (Å²) in [6.45, 7) is 3.00. The van der Waals surface area contributed by atoms with E-state index < -0.39 is 12.7 Å². The van der Waals surface area contributed by atoms with E-state index in [0.29, 0.717) is 13.0 Å². The molecular weight excluding hydrogens is 253 g/mol. The molecule has 1 unspecified atom stereocenters. The van der Waals surface area contributed by atoms with Gasteiger partial charge in [0.25, 0.3) is 0 Å².